The highest BCUT2D eigenvalue weighted by atomic mass is 79.9. The predicted octanol–water partition coefficient (Wildman–Crippen LogP) is 3.82. The van der Waals surface area contributed by atoms with E-state index in [0.717, 1.165) is 47.7 Å². The second-order valence-electron chi connectivity index (χ2n) is 5.87. The molecule has 25 heavy (non-hydrogen) atoms. The van der Waals surface area contributed by atoms with Crippen molar-refractivity contribution in [2.75, 3.05) is 38.2 Å². The van der Waals surface area contributed by atoms with Crippen LogP contribution in [0.4, 0.5) is 5.69 Å². The van der Waals surface area contributed by atoms with Crippen molar-refractivity contribution in [1.82, 2.24) is 4.90 Å². The van der Waals surface area contributed by atoms with Crippen LogP contribution in [0.5, 0.6) is 5.75 Å². The summed E-state index contributed by atoms with van der Waals surface area (Å²) in [5.74, 6) is 0.911. The molecule has 2 aromatic carbocycles. The monoisotopic (exact) mass is 400 g/mol. The maximum absolute atomic E-state index is 12.4. The van der Waals surface area contributed by atoms with Gasteiger partial charge in [0.1, 0.15) is 5.75 Å². The Kier molecular flexibility index (Phi) is 5.76. The molecule has 1 aliphatic heterocycles. The summed E-state index contributed by atoms with van der Waals surface area (Å²) >= 11 is 3.49. The highest BCUT2D eigenvalue weighted by molar-refractivity contribution is 9.10. The van der Waals surface area contributed by atoms with E-state index in [4.69, 9.17) is 4.74 Å². The van der Waals surface area contributed by atoms with E-state index >= 15 is 0 Å². The van der Waals surface area contributed by atoms with Gasteiger partial charge in [-0.2, -0.15) is 0 Å². The molecule has 1 amide bonds. The van der Waals surface area contributed by atoms with E-state index in [0.29, 0.717) is 0 Å². The highest BCUT2D eigenvalue weighted by Gasteiger charge is 2.20. The van der Waals surface area contributed by atoms with Gasteiger partial charge in [-0.1, -0.05) is 40.2 Å². The summed E-state index contributed by atoms with van der Waals surface area (Å²) in [6.07, 6.45) is 3.52. The van der Waals surface area contributed by atoms with Crippen molar-refractivity contribution in [2.24, 2.45) is 0 Å². The fourth-order valence-corrected chi connectivity index (χ4v) is 3.29. The molecule has 0 aromatic heterocycles. The van der Waals surface area contributed by atoms with Gasteiger partial charge in [0.2, 0.25) is 5.91 Å². The molecule has 0 atom stereocenters. The van der Waals surface area contributed by atoms with E-state index in [1.54, 1.807) is 13.2 Å². The minimum Gasteiger partial charge on any atom is -0.497 e. The van der Waals surface area contributed by atoms with Crippen LogP contribution in [0.25, 0.3) is 6.08 Å². The molecule has 0 N–H and O–H groups in total. The summed E-state index contributed by atoms with van der Waals surface area (Å²) < 4.78 is 6.27. The average molecular weight is 401 g/mol. The number of rotatable bonds is 4. The van der Waals surface area contributed by atoms with E-state index in [9.17, 15) is 4.79 Å². The zero-order valence-electron chi connectivity index (χ0n) is 14.2. The van der Waals surface area contributed by atoms with Crippen molar-refractivity contribution in [1.29, 1.82) is 0 Å². The zero-order valence-corrected chi connectivity index (χ0v) is 15.8. The lowest BCUT2D eigenvalue weighted by Crippen LogP contribution is -2.48. The van der Waals surface area contributed by atoms with Gasteiger partial charge in [-0.3, -0.25) is 4.79 Å². The van der Waals surface area contributed by atoms with Crippen molar-refractivity contribution in [3.8, 4) is 5.75 Å². The Bertz CT molecular complexity index is 768. The second-order valence-corrected chi connectivity index (χ2v) is 6.72. The molecule has 1 heterocycles. The Morgan fingerprint density at radius 3 is 2.56 bits per heavy atom. The number of halogens is 1. The van der Waals surface area contributed by atoms with Crippen LogP contribution >= 0.6 is 15.9 Å². The van der Waals surface area contributed by atoms with Gasteiger partial charge >= 0.3 is 0 Å². The van der Waals surface area contributed by atoms with Gasteiger partial charge in [0.05, 0.1) is 7.11 Å². The lowest BCUT2D eigenvalue weighted by Gasteiger charge is -2.35. The van der Waals surface area contributed by atoms with E-state index in [2.05, 4.69) is 26.9 Å². The Labute approximate surface area is 156 Å². The molecule has 5 heteroatoms. The highest BCUT2D eigenvalue weighted by Crippen LogP contribution is 2.22. The molecule has 0 spiro atoms. The van der Waals surface area contributed by atoms with Gasteiger partial charge in [0.15, 0.2) is 0 Å². The van der Waals surface area contributed by atoms with Crippen LogP contribution in [0.1, 0.15) is 5.56 Å². The summed E-state index contributed by atoms with van der Waals surface area (Å²) in [6.45, 7) is 3.08. The molecule has 1 fully saturated rings. The first-order valence-corrected chi connectivity index (χ1v) is 9.07. The van der Waals surface area contributed by atoms with Crippen LogP contribution in [0.3, 0.4) is 0 Å². The number of methoxy groups -OCH3 is 1. The molecule has 0 radical (unpaired) electrons. The first-order chi connectivity index (χ1) is 12.2. The standard InChI is InChI=1S/C20H21BrN2O2/c1-25-18-7-4-6-17(15-18)22-11-13-23(14-12-22)20(24)10-9-16-5-2-3-8-19(16)21/h2-10,15H,11-14H2,1H3/b10-9+. The largest absolute Gasteiger partial charge is 0.497 e. The Balaban J connectivity index is 1.58. The minimum atomic E-state index is 0.0565. The Morgan fingerprint density at radius 1 is 1.08 bits per heavy atom. The number of nitrogens with zero attached hydrogens (tertiary/aromatic N) is 2. The van der Waals surface area contributed by atoms with Crippen LogP contribution < -0.4 is 9.64 Å². The molecule has 2 aromatic rings. The number of benzene rings is 2. The topological polar surface area (TPSA) is 32.8 Å². The van der Waals surface area contributed by atoms with Crippen LogP contribution in [-0.4, -0.2) is 44.1 Å². The molecule has 0 bridgehead atoms. The number of anilines is 1. The molecular weight excluding hydrogens is 380 g/mol. The zero-order chi connectivity index (χ0) is 17.6. The number of piperazine rings is 1. The maximum atomic E-state index is 12.4. The van der Waals surface area contributed by atoms with E-state index < -0.39 is 0 Å². The summed E-state index contributed by atoms with van der Waals surface area (Å²) in [6, 6.07) is 15.9. The molecule has 130 valence electrons. The fourth-order valence-electron chi connectivity index (χ4n) is 2.87. The van der Waals surface area contributed by atoms with Crippen LogP contribution in [0.15, 0.2) is 59.1 Å². The molecule has 0 unspecified atom stereocenters. The maximum Gasteiger partial charge on any atom is 0.246 e. The van der Waals surface area contributed by atoms with Crippen molar-refractivity contribution >= 4 is 33.6 Å². The number of carbonyl (C=O) groups is 1. The van der Waals surface area contributed by atoms with E-state index in [-0.39, 0.29) is 5.91 Å². The molecule has 1 saturated heterocycles. The quantitative estimate of drug-likeness (QED) is 0.731. The summed E-state index contributed by atoms with van der Waals surface area (Å²) in [4.78, 5) is 16.6. The van der Waals surface area contributed by atoms with Gasteiger partial charge in [-0.05, 0) is 29.8 Å². The lowest BCUT2D eigenvalue weighted by atomic mass is 10.2. The number of hydrogen-bond acceptors (Lipinski definition) is 3. The number of carbonyl (C=O) groups excluding carboxylic acids is 1. The molecule has 0 aliphatic carbocycles. The SMILES string of the molecule is COc1cccc(N2CCN(C(=O)/C=C/c3ccccc3Br)CC2)c1. The van der Waals surface area contributed by atoms with Crippen LogP contribution in [-0.2, 0) is 4.79 Å². The molecule has 1 aliphatic rings. The smallest absolute Gasteiger partial charge is 0.246 e. The lowest BCUT2D eigenvalue weighted by molar-refractivity contribution is -0.126. The average Bonchev–Trinajstić information content (AvgIpc) is 2.67. The third-order valence-corrected chi connectivity index (χ3v) is 5.04. The van der Waals surface area contributed by atoms with Crippen molar-refractivity contribution in [2.45, 2.75) is 0 Å². The fraction of sp³-hybridized carbons (Fsp3) is 0.250. The molecule has 3 rings (SSSR count). The molecular formula is C20H21BrN2O2. The minimum absolute atomic E-state index is 0.0565. The Morgan fingerprint density at radius 2 is 1.84 bits per heavy atom. The summed E-state index contributed by atoms with van der Waals surface area (Å²) in [5, 5.41) is 0. The second kappa shape index (κ2) is 8.21. The van der Waals surface area contributed by atoms with Gasteiger partial charge < -0.3 is 14.5 Å². The normalized spacial score (nSPS) is 14.8. The van der Waals surface area contributed by atoms with Gasteiger partial charge in [0, 0.05) is 48.5 Å². The van der Waals surface area contributed by atoms with Gasteiger partial charge in [0.25, 0.3) is 0 Å². The third kappa shape index (κ3) is 4.42. The van der Waals surface area contributed by atoms with E-state index in [1.165, 1.54) is 0 Å². The van der Waals surface area contributed by atoms with Crippen molar-refractivity contribution < 1.29 is 9.53 Å². The summed E-state index contributed by atoms with van der Waals surface area (Å²) in [7, 11) is 1.67. The number of amides is 1. The first-order valence-electron chi connectivity index (χ1n) is 8.28. The number of hydrogen-bond donors (Lipinski definition) is 0. The van der Waals surface area contributed by atoms with Crippen LogP contribution in [0, 0.1) is 0 Å². The Hall–Kier alpha value is -2.27. The van der Waals surface area contributed by atoms with Gasteiger partial charge in [-0.25, -0.2) is 0 Å². The molecule has 0 saturated carbocycles. The number of ether oxygens (including phenoxy) is 1. The first kappa shape index (κ1) is 17.5. The van der Waals surface area contributed by atoms with Crippen molar-refractivity contribution in [3.05, 3.63) is 64.6 Å². The summed E-state index contributed by atoms with van der Waals surface area (Å²) in [5.41, 5.74) is 2.14. The predicted molar refractivity (Wildman–Crippen MR) is 105 cm³/mol. The van der Waals surface area contributed by atoms with Crippen molar-refractivity contribution in [3.63, 3.8) is 0 Å². The third-order valence-electron chi connectivity index (χ3n) is 4.32. The molecule has 4 nitrogen and oxygen atoms in total. The van der Waals surface area contributed by atoms with Crippen LogP contribution in [0.2, 0.25) is 0 Å². The van der Waals surface area contributed by atoms with E-state index in [1.807, 2.05) is 53.4 Å². The van der Waals surface area contributed by atoms with Gasteiger partial charge in [-0.15, -0.1) is 0 Å².